The molecule has 0 aromatic carbocycles. The van der Waals surface area contributed by atoms with E-state index in [2.05, 4.69) is 22.1 Å². The first-order valence-electron chi connectivity index (χ1n) is 8.75. The number of allylic oxidation sites excluding steroid dienone is 1. The van der Waals surface area contributed by atoms with Crippen LogP contribution in [0.1, 0.15) is 57.7 Å². The lowest BCUT2D eigenvalue weighted by atomic mass is 9.89. The first-order valence-corrected chi connectivity index (χ1v) is 9.63. The highest BCUT2D eigenvalue weighted by Gasteiger charge is 2.29. The predicted octanol–water partition coefficient (Wildman–Crippen LogP) is 2.82. The van der Waals surface area contributed by atoms with E-state index >= 15 is 0 Å². The minimum Gasteiger partial charge on any atom is -0.351 e. The summed E-state index contributed by atoms with van der Waals surface area (Å²) in [5.41, 5.74) is 5.08. The van der Waals surface area contributed by atoms with Crippen LogP contribution in [0.15, 0.2) is 17.8 Å². The van der Waals surface area contributed by atoms with Crippen molar-refractivity contribution < 1.29 is 9.59 Å². The van der Waals surface area contributed by atoms with Gasteiger partial charge in [0.05, 0.1) is 5.25 Å². The normalized spacial score (nSPS) is 16.6. The molecule has 3 N–H and O–H groups in total. The summed E-state index contributed by atoms with van der Waals surface area (Å²) < 4.78 is 2.04. The molecule has 1 saturated carbocycles. The fourth-order valence-corrected chi connectivity index (χ4v) is 4.20. The molecule has 1 unspecified atom stereocenters. The monoisotopic (exact) mass is 365 g/mol. The number of urea groups is 1. The number of primary amides is 1. The van der Waals surface area contributed by atoms with Gasteiger partial charge in [-0.25, -0.2) is 4.79 Å². The van der Waals surface area contributed by atoms with Crippen molar-refractivity contribution in [3.05, 3.63) is 18.5 Å². The molecule has 25 heavy (non-hydrogen) atoms. The van der Waals surface area contributed by atoms with E-state index in [4.69, 9.17) is 5.73 Å². The summed E-state index contributed by atoms with van der Waals surface area (Å²) in [5.74, 6) is 0.989. The largest absolute Gasteiger partial charge is 0.351 e. The number of nitrogens with two attached hydrogens (primary N) is 1. The average molecular weight is 366 g/mol. The number of amides is 3. The number of hydrogen-bond acceptors (Lipinski definition) is 5. The fourth-order valence-electron chi connectivity index (χ4n) is 3.15. The van der Waals surface area contributed by atoms with E-state index in [0.29, 0.717) is 17.6 Å². The maximum Gasteiger partial charge on any atom is 0.318 e. The Morgan fingerprint density at radius 1 is 1.36 bits per heavy atom. The summed E-state index contributed by atoms with van der Waals surface area (Å²) in [5, 5.41) is 11.1. The molecule has 0 aliphatic heterocycles. The Morgan fingerprint density at radius 2 is 2.04 bits per heavy atom. The molecule has 1 aromatic heterocycles. The number of hydrogen-bond donors (Lipinski definition) is 2. The zero-order valence-electron chi connectivity index (χ0n) is 14.9. The van der Waals surface area contributed by atoms with Gasteiger partial charge in [-0.1, -0.05) is 50.9 Å². The third-order valence-corrected chi connectivity index (χ3v) is 5.90. The van der Waals surface area contributed by atoms with Crippen LogP contribution in [0.3, 0.4) is 0 Å². The van der Waals surface area contributed by atoms with E-state index in [1.165, 1.54) is 31.0 Å². The van der Waals surface area contributed by atoms with Crippen molar-refractivity contribution >= 4 is 23.7 Å². The minimum atomic E-state index is -0.841. The van der Waals surface area contributed by atoms with Gasteiger partial charge in [0.2, 0.25) is 5.91 Å². The molecule has 7 nitrogen and oxygen atoms in total. The second-order valence-electron chi connectivity index (χ2n) is 6.71. The van der Waals surface area contributed by atoms with Crippen molar-refractivity contribution in [1.29, 1.82) is 0 Å². The van der Waals surface area contributed by atoms with Crippen LogP contribution in [0.2, 0.25) is 0 Å². The third kappa shape index (κ3) is 5.07. The SMILES string of the molecule is C=CCn1c(SC(C(=O)NC(N)=O)C(C)C)nnc1C1CCCCC1. The van der Waals surface area contributed by atoms with E-state index in [1.807, 2.05) is 24.5 Å². The van der Waals surface area contributed by atoms with Gasteiger partial charge < -0.3 is 10.3 Å². The minimum absolute atomic E-state index is 0.0105. The number of imide groups is 1. The van der Waals surface area contributed by atoms with Gasteiger partial charge in [0, 0.05) is 12.5 Å². The first-order chi connectivity index (χ1) is 11.9. The Labute approximate surface area is 152 Å². The Balaban J connectivity index is 2.24. The zero-order valence-corrected chi connectivity index (χ0v) is 15.7. The Kier molecular flexibility index (Phi) is 7.04. The summed E-state index contributed by atoms with van der Waals surface area (Å²) in [6.45, 7) is 8.28. The number of aromatic nitrogens is 3. The van der Waals surface area contributed by atoms with Crippen LogP contribution >= 0.6 is 11.8 Å². The molecule has 1 fully saturated rings. The Bertz CT molecular complexity index is 623. The highest BCUT2D eigenvalue weighted by atomic mass is 32.2. The lowest BCUT2D eigenvalue weighted by molar-refractivity contribution is -0.120. The maximum absolute atomic E-state index is 12.3. The molecule has 3 amide bonds. The van der Waals surface area contributed by atoms with Crippen molar-refractivity contribution in [3.8, 4) is 0 Å². The van der Waals surface area contributed by atoms with Crippen LogP contribution in [0.4, 0.5) is 4.79 Å². The van der Waals surface area contributed by atoms with Crippen molar-refractivity contribution in [3.63, 3.8) is 0 Å². The third-order valence-electron chi connectivity index (χ3n) is 4.37. The van der Waals surface area contributed by atoms with E-state index in [1.54, 1.807) is 0 Å². The number of carbonyl (C=O) groups is 2. The Morgan fingerprint density at radius 3 is 2.60 bits per heavy atom. The number of carbonyl (C=O) groups excluding carboxylic acids is 2. The molecule has 1 heterocycles. The summed E-state index contributed by atoms with van der Waals surface area (Å²) >= 11 is 1.32. The number of rotatable bonds is 7. The quantitative estimate of drug-likeness (QED) is 0.571. The summed E-state index contributed by atoms with van der Waals surface area (Å²) in [4.78, 5) is 23.3. The molecule has 1 atom stereocenters. The van der Waals surface area contributed by atoms with Crippen molar-refractivity contribution in [2.45, 2.75) is 68.8 Å². The second kappa shape index (κ2) is 9.03. The molecular formula is C17H27N5O2S. The Hall–Kier alpha value is -1.83. The molecule has 0 bridgehead atoms. The van der Waals surface area contributed by atoms with Crippen molar-refractivity contribution in [2.75, 3.05) is 0 Å². The van der Waals surface area contributed by atoms with E-state index in [-0.39, 0.29) is 5.92 Å². The highest BCUT2D eigenvalue weighted by Crippen LogP contribution is 2.35. The molecule has 2 rings (SSSR count). The lowest BCUT2D eigenvalue weighted by Crippen LogP contribution is -2.42. The summed E-state index contributed by atoms with van der Waals surface area (Å²) in [7, 11) is 0. The number of thioether (sulfide) groups is 1. The van der Waals surface area contributed by atoms with Gasteiger partial charge >= 0.3 is 6.03 Å². The first kappa shape index (κ1) is 19.5. The van der Waals surface area contributed by atoms with E-state index < -0.39 is 17.2 Å². The fraction of sp³-hybridized carbons (Fsp3) is 0.647. The molecular weight excluding hydrogens is 338 g/mol. The summed E-state index contributed by atoms with van der Waals surface area (Å²) in [6, 6.07) is -0.841. The highest BCUT2D eigenvalue weighted by molar-refractivity contribution is 8.00. The van der Waals surface area contributed by atoms with Gasteiger partial charge in [0.15, 0.2) is 5.16 Å². The molecule has 1 aromatic rings. The van der Waals surface area contributed by atoms with Gasteiger partial charge in [0.1, 0.15) is 5.82 Å². The molecule has 8 heteroatoms. The van der Waals surface area contributed by atoms with E-state index in [0.717, 1.165) is 18.7 Å². The zero-order chi connectivity index (χ0) is 18.4. The smallest absolute Gasteiger partial charge is 0.318 e. The maximum atomic E-state index is 12.3. The average Bonchev–Trinajstić information content (AvgIpc) is 2.95. The topological polar surface area (TPSA) is 103 Å². The van der Waals surface area contributed by atoms with Crippen LogP contribution < -0.4 is 11.1 Å². The molecule has 138 valence electrons. The van der Waals surface area contributed by atoms with Gasteiger partial charge in [-0.3, -0.25) is 10.1 Å². The van der Waals surface area contributed by atoms with Crippen LogP contribution in [-0.2, 0) is 11.3 Å². The number of nitrogens with one attached hydrogen (secondary N) is 1. The van der Waals surface area contributed by atoms with Gasteiger partial charge in [-0.15, -0.1) is 16.8 Å². The van der Waals surface area contributed by atoms with E-state index in [9.17, 15) is 9.59 Å². The molecule has 0 spiro atoms. The predicted molar refractivity (Wildman–Crippen MR) is 98.3 cm³/mol. The van der Waals surface area contributed by atoms with Crippen LogP contribution in [0, 0.1) is 5.92 Å². The lowest BCUT2D eigenvalue weighted by Gasteiger charge is -2.22. The van der Waals surface area contributed by atoms with Crippen LogP contribution in [0.5, 0.6) is 0 Å². The van der Waals surface area contributed by atoms with Crippen molar-refractivity contribution in [1.82, 2.24) is 20.1 Å². The molecule has 0 radical (unpaired) electrons. The number of nitrogens with zero attached hydrogens (tertiary/aromatic N) is 3. The molecule has 1 aliphatic rings. The molecule has 0 saturated heterocycles. The standard InChI is InChI=1S/C17H27N5O2S/c1-4-10-22-14(12-8-6-5-7-9-12)20-21-17(22)25-13(11(2)3)15(23)19-16(18)24/h4,11-13H,1,5-10H2,2-3H3,(H3,18,19,23,24). The van der Waals surface area contributed by atoms with Crippen LogP contribution in [-0.4, -0.2) is 32.0 Å². The van der Waals surface area contributed by atoms with Gasteiger partial charge in [0.25, 0.3) is 0 Å². The van der Waals surface area contributed by atoms with Crippen LogP contribution in [0.25, 0.3) is 0 Å². The van der Waals surface area contributed by atoms with Crippen molar-refractivity contribution in [2.24, 2.45) is 11.7 Å². The van der Waals surface area contributed by atoms with Gasteiger partial charge in [-0.05, 0) is 18.8 Å². The summed E-state index contributed by atoms with van der Waals surface area (Å²) in [6.07, 6.45) is 7.75. The molecule has 1 aliphatic carbocycles. The van der Waals surface area contributed by atoms with Gasteiger partial charge in [-0.2, -0.15) is 0 Å². The second-order valence-corrected chi connectivity index (χ2v) is 7.82.